The van der Waals surface area contributed by atoms with Crippen LogP contribution in [-0.4, -0.2) is 0 Å². The monoisotopic (exact) mass is 319 g/mol. The molecular weight excluding hydrogens is 309 g/mol. The van der Waals surface area contributed by atoms with Gasteiger partial charge in [-0.15, -0.1) is 0 Å². The van der Waals surface area contributed by atoms with E-state index in [0.29, 0.717) is 12.2 Å². The van der Waals surface area contributed by atoms with E-state index < -0.39 is 5.82 Å². The summed E-state index contributed by atoms with van der Waals surface area (Å²) in [5.41, 5.74) is 1.44. The van der Waals surface area contributed by atoms with Gasteiger partial charge in [-0.2, -0.15) is 5.26 Å². The molecule has 0 N–H and O–H groups in total. The zero-order chi connectivity index (χ0) is 13.7. The molecule has 96 valence electrons. The van der Waals surface area contributed by atoms with Gasteiger partial charge in [0.05, 0.1) is 18.8 Å². The van der Waals surface area contributed by atoms with E-state index in [9.17, 15) is 4.39 Å². The van der Waals surface area contributed by atoms with Gasteiger partial charge in [-0.05, 0) is 17.7 Å². The van der Waals surface area contributed by atoms with Crippen molar-refractivity contribution in [2.24, 2.45) is 0 Å². The van der Waals surface area contributed by atoms with E-state index in [4.69, 9.17) is 10.00 Å². The molecule has 2 rings (SSSR count). The minimum absolute atomic E-state index is 0.0435. The Morgan fingerprint density at radius 3 is 2.47 bits per heavy atom. The van der Waals surface area contributed by atoms with E-state index in [1.807, 2.05) is 30.3 Å². The van der Waals surface area contributed by atoms with Crippen LogP contribution in [0.3, 0.4) is 0 Å². The summed E-state index contributed by atoms with van der Waals surface area (Å²) in [5, 5.41) is 8.75. The third kappa shape index (κ3) is 3.40. The highest BCUT2D eigenvalue weighted by Gasteiger charge is 2.07. The Morgan fingerprint density at radius 1 is 1.05 bits per heavy atom. The van der Waals surface area contributed by atoms with Gasteiger partial charge in [0.2, 0.25) is 0 Å². The van der Waals surface area contributed by atoms with Crippen molar-refractivity contribution in [3.63, 3.8) is 0 Å². The normalized spacial score (nSPS) is 10.2. The lowest BCUT2D eigenvalue weighted by atomic mass is 10.1. The van der Waals surface area contributed by atoms with Crippen LogP contribution in [0.4, 0.5) is 4.39 Å². The Bertz CT molecular complexity index is 622. The molecule has 0 saturated heterocycles. The lowest BCUT2D eigenvalue weighted by Gasteiger charge is -2.07. The maximum absolute atomic E-state index is 13.8. The Labute approximate surface area is 119 Å². The number of benzene rings is 2. The molecule has 0 aliphatic rings. The van der Waals surface area contributed by atoms with Gasteiger partial charge in [-0.1, -0.05) is 46.3 Å². The molecule has 2 aromatic rings. The van der Waals surface area contributed by atoms with Crippen molar-refractivity contribution >= 4 is 15.9 Å². The second-order valence-corrected chi connectivity index (χ2v) is 4.83. The second-order valence-electron chi connectivity index (χ2n) is 3.97. The van der Waals surface area contributed by atoms with Gasteiger partial charge in [0.25, 0.3) is 0 Å². The van der Waals surface area contributed by atoms with Gasteiger partial charge >= 0.3 is 0 Å². The Kier molecular flexibility index (Phi) is 4.67. The molecule has 2 aromatic carbocycles. The average molecular weight is 320 g/mol. The lowest BCUT2D eigenvalue weighted by molar-refractivity contribution is 0.104. The maximum Gasteiger partial charge on any atom is 0.146 e. The van der Waals surface area contributed by atoms with E-state index in [1.54, 1.807) is 12.1 Å². The Balaban J connectivity index is 2.01. The van der Waals surface area contributed by atoms with Crippen molar-refractivity contribution in [2.75, 3.05) is 0 Å². The highest BCUT2D eigenvalue weighted by atomic mass is 79.9. The van der Waals surface area contributed by atoms with Crippen LogP contribution in [0.5, 0.6) is 0 Å². The molecule has 0 aliphatic heterocycles. The molecule has 4 heteroatoms. The third-order valence-corrected chi connectivity index (χ3v) is 3.45. The van der Waals surface area contributed by atoms with Crippen LogP contribution in [0.2, 0.25) is 0 Å². The summed E-state index contributed by atoms with van der Waals surface area (Å²) >= 11 is 3.42. The number of hydrogen-bond acceptors (Lipinski definition) is 2. The zero-order valence-electron chi connectivity index (χ0n) is 10.1. The molecular formula is C15H11BrFNO. The van der Waals surface area contributed by atoms with Gasteiger partial charge in [0.15, 0.2) is 0 Å². The highest BCUT2D eigenvalue weighted by Crippen LogP contribution is 2.18. The second kappa shape index (κ2) is 6.46. The molecule has 0 aliphatic carbocycles. The van der Waals surface area contributed by atoms with E-state index in [-0.39, 0.29) is 12.2 Å². The molecule has 19 heavy (non-hydrogen) atoms. The largest absolute Gasteiger partial charge is 0.372 e. The lowest BCUT2D eigenvalue weighted by Crippen LogP contribution is -1.99. The van der Waals surface area contributed by atoms with Gasteiger partial charge in [0.1, 0.15) is 11.9 Å². The standard InChI is InChI=1S/C15H11BrFNO/c16-14-7-2-1-4-12(14)9-19-10-13-6-3-5-11(8-18)15(13)17/h1-7H,9-10H2. The van der Waals surface area contributed by atoms with Crippen LogP contribution in [0.15, 0.2) is 46.9 Å². The molecule has 0 fully saturated rings. The third-order valence-electron chi connectivity index (χ3n) is 2.67. The Hall–Kier alpha value is -1.70. The fourth-order valence-electron chi connectivity index (χ4n) is 1.66. The molecule has 2 nitrogen and oxygen atoms in total. The summed E-state index contributed by atoms with van der Waals surface area (Å²) in [4.78, 5) is 0. The first-order chi connectivity index (χ1) is 9.22. The smallest absolute Gasteiger partial charge is 0.146 e. The Morgan fingerprint density at radius 2 is 1.74 bits per heavy atom. The predicted molar refractivity (Wildman–Crippen MR) is 73.8 cm³/mol. The summed E-state index contributed by atoms with van der Waals surface area (Å²) in [7, 11) is 0. The molecule has 0 unspecified atom stereocenters. The predicted octanol–water partition coefficient (Wildman–Crippen LogP) is 4.18. The highest BCUT2D eigenvalue weighted by molar-refractivity contribution is 9.10. The average Bonchev–Trinajstić information content (AvgIpc) is 2.43. The van der Waals surface area contributed by atoms with Gasteiger partial charge in [0, 0.05) is 10.0 Å². The van der Waals surface area contributed by atoms with E-state index >= 15 is 0 Å². The number of rotatable bonds is 4. The van der Waals surface area contributed by atoms with Crippen molar-refractivity contribution in [1.29, 1.82) is 5.26 Å². The van der Waals surface area contributed by atoms with E-state index in [1.165, 1.54) is 6.07 Å². The van der Waals surface area contributed by atoms with Crippen molar-refractivity contribution in [2.45, 2.75) is 13.2 Å². The number of halogens is 2. The maximum atomic E-state index is 13.8. The van der Waals surface area contributed by atoms with E-state index in [2.05, 4.69) is 15.9 Å². The molecule has 0 heterocycles. The molecule has 0 saturated carbocycles. The number of hydrogen-bond donors (Lipinski definition) is 0. The first-order valence-corrected chi connectivity index (χ1v) is 6.50. The van der Waals surface area contributed by atoms with Crippen LogP contribution in [0, 0.1) is 17.1 Å². The molecule has 0 atom stereocenters. The molecule has 0 spiro atoms. The summed E-state index contributed by atoms with van der Waals surface area (Å²) in [5.74, 6) is -0.503. The minimum Gasteiger partial charge on any atom is -0.372 e. The molecule has 0 aromatic heterocycles. The summed E-state index contributed by atoms with van der Waals surface area (Å²) in [6, 6.07) is 14.2. The van der Waals surface area contributed by atoms with Crippen molar-refractivity contribution in [1.82, 2.24) is 0 Å². The summed E-state index contributed by atoms with van der Waals surface area (Å²) in [6.45, 7) is 0.528. The molecule has 0 bridgehead atoms. The van der Waals surface area contributed by atoms with Crippen molar-refractivity contribution in [3.8, 4) is 6.07 Å². The summed E-state index contributed by atoms with van der Waals surface area (Å²) < 4.78 is 20.2. The van der Waals surface area contributed by atoms with Gasteiger partial charge in [-0.25, -0.2) is 4.39 Å². The molecule has 0 radical (unpaired) electrons. The van der Waals surface area contributed by atoms with Crippen molar-refractivity contribution < 1.29 is 9.13 Å². The molecule has 0 amide bonds. The summed E-state index contributed by atoms with van der Waals surface area (Å²) in [6.07, 6.45) is 0. The van der Waals surface area contributed by atoms with Crippen LogP contribution in [0.25, 0.3) is 0 Å². The first-order valence-electron chi connectivity index (χ1n) is 5.71. The fourth-order valence-corrected chi connectivity index (χ4v) is 2.06. The minimum atomic E-state index is -0.503. The van der Waals surface area contributed by atoms with E-state index in [0.717, 1.165) is 10.0 Å². The van der Waals surface area contributed by atoms with Crippen molar-refractivity contribution in [3.05, 3.63) is 69.4 Å². The zero-order valence-corrected chi connectivity index (χ0v) is 11.7. The van der Waals surface area contributed by atoms with Crippen LogP contribution in [0.1, 0.15) is 16.7 Å². The number of nitriles is 1. The topological polar surface area (TPSA) is 33.0 Å². The van der Waals surface area contributed by atoms with Crippen LogP contribution < -0.4 is 0 Å². The first kappa shape index (κ1) is 13.7. The van der Waals surface area contributed by atoms with Crippen LogP contribution >= 0.6 is 15.9 Å². The van der Waals surface area contributed by atoms with Crippen LogP contribution in [-0.2, 0) is 18.0 Å². The SMILES string of the molecule is N#Cc1cccc(COCc2ccccc2Br)c1F. The van der Waals surface area contributed by atoms with Gasteiger partial charge < -0.3 is 4.74 Å². The quantitative estimate of drug-likeness (QED) is 0.847. The van der Waals surface area contributed by atoms with Gasteiger partial charge in [-0.3, -0.25) is 0 Å². The number of ether oxygens (including phenoxy) is 1. The fraction of sp³-hybridized carbons (Fsp3) is 0.133. The number of nitrogens with zero attached hydrogens (tertiary/aromatic N) is 1.